The summed E-state index contributed by atoms with van der Waals surface area (Å²) in [6, 6.07) is 21.3. The average molecular weight is 349 g/mol. The molecule has 26 heavy (non-hydrogen) atoms. The molecule has 2 unspecified atom stereocenters. The van der Waals surface area contributed by atoms with Gasteiger partial charge in [-0.05, 0) is 31.4 Å². The number of para-hydroxylation sites is 1. The second kappa shape index (κ2) is 7.91. The van der Waals surface area contributed by atoms with Crippen molar-refractivity contribution in [1.29, 1.82) is 0 Å². The van der Waals surface area contributed by atoms with Gasteiger partial charge in [-0.2, -0.15) is 0 Å². The second-order valence-electron chi connectivity index (χ2n) is 6.21. The number of hydrogen-bond acceptors (Lipinski definition) is 3. The van der Waals surface area contributed by atoms with E-state index in [1.54, 1.807) is 14.0 Å². The molecule has 0 aromatic heterocycles. The fraction of sp³-hybridized carbons (Fsp3) is 0.227. The summed E-state index contributed by atoms with van der Waals surface area (Å²) in [6.45, 7) is 3.69. The summed E-state index contributed by atoms with van der Waals surface area (Å²) in [7, 11) is 1.62. The Bertz CT molecular complexity index is 901. The van der Waals surface area contributed by atoms with Crippen LogP contribution in [0, 0.1) is 0 Å². The van der Waals surface area contributed by atoms with Crippen LogP contribution < -0.4 is 14.8 Å². The quantitative estimate of drug-likeness (QED) is 0.713. The van der Waals surface area contributed by atoms with E-state index in [9.17, 15) is 4.79 Å². The van der Waals surface area contributed by atoms with Crippen LogP contribution in [0.1, 0.15) is 25.5 Å². The maximum Gasteiger partial charge on any atom is 0.261 e. The molecular formula is C22H23NO3. The van der Waals surface area contributed by atoms with E-state index >= 15 is 0 Å². The van der Waals surface area contributed by atoms with E-state index in [1.165, 1.54) is 0 Å². The van der Waals surface area contributed by atoms with Gasteiger partial charge in [-0.25, -0.2) is 0 Å². The first-order valence-corrected chi connectivity index (χ1v) is 8.68. The number of carbonyl (C=O) groups excluding carboxylic acids is 1. The molecule has 2 atom stereocenters. The lowest BCUT2D eigenvalue weighted by Crippen LogP contribution is -2.37. The number of fused-ring (bicyclic) bond motifs is 1. The van der Waals surface area contributed by atoms with Gasteiger partial charge in [-0.3, -0.25) is 4.79 Å². The Morgan fingerprint density at radius 1 is 0.885 bits per heavy atom. The molecule has 0 bridgehead atoms. The summed E-state index contributed by atoms with van der Waals surface area (Å²) < 4.78 is 11.3. The molecule has 3 aromatic rings. The number of ether oxygens (including phenoxy) is 2. The second-order valence-corrected chi connectivity index (χ2v) is 6.21. The van der Waals surface area contributed by atoms with Gasteiger partial charge in [0.05, 0.1) is 13.2 Å². The zero-order valence-corrected chi connectivity index (χ0v) is 15.2. The van der Waals surface area contributed by atoms with Crippen molar-refractivity contribution in [3.05, 3.63) is 72.3 Å². The first-order chi connectivity index (χ1) is 12.6. The van der Waals surface area contributed by atoms with Crippen LogP contribution in [0.3, 0.4) is 0 Å². The van der Waals surface area contributed by atoms with Gasteiger partial charge in [0, 0.05) is 10.9 Å². The summed E-state index contributed by atoms with van der Waals surface area (Å²) in [5.41, 5.74) is 0.931. The fourth-order valence-electron chi connectivity index (χ4n) is 2.98. The monoisotopic (exact) mass is 349 g/mol. The maximum atomic E-state index is 12.6. The highest BCUT2D eigenvalue weighted by Gasteiger charge is 2.20. The zero-order valence-electron chi connectivity index (χ0n) is 15.2. The van der Waals surface area contributed by atoms with Crippen molar-refractivity contribution in [2.75, 3.05) is 7.11 Å². The van der Waals surface area contributed by atoms with E-state index in [1.807, 2.05) is 73.7 Å². The molecule has 4 nitrogen and oxygen atoms in total. The third kappa shape index (κ3) is 3.80. The topological polar surface area (TPSA) is 47.6 Å². The number of hydrogen-bond donors (Lipinski definition) is 1. The van der Waals surface area contributed by atoms with Crippen LogP contribution in [0.25, 0.3) is 10.8 Å². The van der Waals surface area contributed by atoms with E-state index in [4.69, 9.17) is 9.47 Å². The highest BCUT2D eigenvalue weighted by atomic mass is 16.5. The van der Waals surface area contributed by atoms with Crippen molar-refractivity contribution in [3.63, 3.8) is 0 Å². The van der Waals surface area contributed by atoms with Gasteiger partial charge in [0.15, 0.2) is 6.10 Å². The van der Waals surface area contributed by atoms with Crippen LogP contribution in [0.4, 0.5) is 0 Å². The number of carbonyl (C=O) groups is 1. The summed E-state index contributed by atoms with van der Waals surface area (Å²) in [4.78, 5) is 12.6. The number of nitrogens with one attached hydrogen (secondary N) is 1. The Hall–Kier alpha value is -3.01. The standard InChI is InChI=1S/C22H23NO3/c1-15(18-11-6-7-13-20(18)25-3)23-22(24)16(2)26-21-14-8-10-17-9-4-5-12-19(17)21/h4-16H,1-3H3,(H,23,24). The number of methoxy groups -OCH3 is 1. The molecule has 134 valence electrons. The molecule has 0 saturated heterocycles. The van der Waals surface area contributed by atoms with Gasteiger partial charge in [0.25, 0.3) is 5.91 Å². The first-order valence-electron chi connectivity index (χ1n) is 8.68. The molecule has 0 fully saturated rings. The van der Waals surface area contributed by atoms with Crippen molar-refractivity contribution >= 4 is 16.7 Å². The van der Waals surface area contributed by atoms with E-state index in [-0.39, 0.29) is 11.9 Å². The minimum absolute atomic E-state index is 0.170. The van der Waals surface area contributed by atoms with E-state index in [0.717, 1.165) is 22.1 Å². The highest BCUT2D eigenvalue weighted by molar-refractivity contribution is 5.89. The van der Waals surface area contributed by atoms with Crippen molar-refractivity contribution in [2.45, 2.75) is 26.0 Å². The SMILES string of the molecule is COc1ccccc1C(C)NC(=O)C(C)Oc1cccc2ccccc12. The Morgan fingerprint density at radius 3 is 2.35 bits per heavy atom. The van der Waals surface area contributed by atoms with E-state index in [0.29, 0.717) is 5.75 Å². The van der Waals surface area contributed by atoms with Crippen LogP contribution in [0.5, 0.6) is 11.5 Å². The minimum Gasteiger partial charge on any atom is -0.496 e. The maximum absolute atomic E-state index is 12.6. The Morgan fingerprint density at radius 2 is 1.54 bits per heavy atom. The van der Waals surface area contributed by atoms with Crippen LogP contribution in [0.2, 0.25) is 0 Å². The van der Waals surface area contributed by atoms with Gasteiger partial charge in [0.2, 0.25) is 0 Å². The van der Waals surface area contributed by atoms with Crippen LogP contribution in [-0.2, 0) is 4.79 Å². The molecule has 1 N–H and O–H groups in total. The van der Waals surface area contributed by atoms with Gasteiger partial charge in [-0.1, -0.05) is 54.6 Å². The molecule has 0 heterocycles. The number of rotatable bonds is 6. The fourth-order valence-corrected chi connectivity index (χ4v) is 2.98. The molecule has 1 amide bonds. The highest BCUT2D eigenvalue weighted by Crippen LogP contribution is 2.27. The van der Waals surface area contributed by atoms with Gasteiger partial charge in [-0.15, -0.1) is 0 Å². The average Bonchev–Trinajstić information content (AvgIpc) is 2.68. The van der Waals surface area contributed by atoms with E-state index < -0.39 is 6.10 Å². The lowest BCUT2D eigenvalue weighted by atomic mass is 10.1. The smallest absolute Gasteiger partial charge is 0.261 e. The van der Waals surface area contributed by atoms with Crippen LogP contribution >= 0.6 is 0 Å². The summed E-state index contributed by atoms with van der Waals surface area (Å²) in [6.07, 6.45) is -0.613. The Labute approximate surface area is 153 Å². The normalized spacial score (nSPS) is 13.0. The van der Waals surface area contributed by atoms with Gasteiger partial charge >= 0.3 is 0 Å². The van der Waals surface area contributed by atoms with Crippen molar-refractivity contribution < 1.29 is 14.3 Å². The van der Waals surface area contributed by atoms with Crippen molar-refractivity contribution in [1.82, 2.24) is 5.32 Å². The Kier molecular flexibility index (Phi) is 5.42. The predicted octanol–water partition coefficient (Wildman–Crippen LogP) is 4.49. The number of amides is 1. The third-order valence-corrected chi connectivity index (χ3v) is 4.39. The number of benzene rings is 3. The lowest BCUT2D eigenvalue weighted by Gasteiger charge is -2.21. The molecule has 0 radical (unpaired) electrons. The van der Waals surface area contributed by atoms with Crippen LogP contribution in [0.15, 0.2) is 66.7 Å². The van der Waals surface area contributed by atoms with Gasteiger partial charge < -0.3 is 14.8 Å². The Balaban J connectivity index is 1.71. The minimum atomic E-state index is -0.613. The third-order valence-electron chi connectivity index (χ3n) is 4.39. The van der Waals surface area contributed by atoms with Crippen molar-refractivity contribution in [2.24, 2.45) is 0 Å². The predicted molar refractivity (Wildman–Crippen MR) is 104 cm³/mol. The lowest BCUT2D eigenvalue weighted by molar-refractivity contribution is -0.127. The molecule has 3 aromatic carbocycles. The van der Waals surface area contributed by atoms with Gasteiger partial charge in [0.1, 0.15) is 11.5 Å². The van der Waals surface area contributed by atoms with Crippen molar-refractivity contribution in [3.8, 4) is 11.5 Å². The largest absolute Gasteiger partial charge is 0.496 e. The molecule has 0 spiro atoms. The summed E-state index contributed by atoms with van der Waals surface area (Å²) in [5, 5.41) is 5.07. The molecule has 0 saturated carbocycles. The summed E-state index contributed by atoms with van der Waals surface area (Å²) >= 11 is 0. The molecule has 4 heteroatoms. The first kappa shape index (κ1) is 17.8. The van der Waals surface area contributed by atoms with E-state index in [2.05, 4.69) is 5.32 Å². The molecule has 0 aliphatic rings. The molecule has 0 aliphatic carbocycles. The molecule has 3 rings (SSSR count). The molecular weight excluding hydrogens is 326 g/mol. The van der Waals surface area contributed by atoms with Crippen LogP contribution in [-0.4, -0.2) is 19.1 Å². The zero-order chi connectivity index (χ0) is 18.5. The summed E-state index contributed by atoms with van der Waals surface area (Å²) in [5.74, 6) is 1.29. The molecule has 0 aliphatic heterocycles.